The van der Waals surface area contributed by atoms with Gasteiger partial charge >= 0.3 is 0 Å². The van der Waals surface area contributed by atoms with Gasteiger partial charge in [0.1, 0.15) is 0 Å². The summed E-state index contributed by atoms with van der Waals surface area (Å²) in [5.74, 6) is -1.18. The van der Waals surface area contributed by atoms with Gasteiger partial charge in [-0.2, -0.15) is 8.42 Å². The van der Waals surface area contributed by atoms with Crippen LogP contribution in [0.15, 0.2) is 0 Å². The number of imide groups is 1. The number of carbonyl (C=O) groups excluding carboxylic acids is 2. The van der Waals surface area contributed by atoms with Crippen molar-refractivity contribution in [2.24, 2.45) is 5.92 Å². The quantitative estimate of drug-likeness (QED) is 0.660. The molecule has 92 valence electrons. The number of hydrogen-bond donors (Lipinski definition) is 0. The zero-order chi connectivity index (χ0) is 12.3. The highest BCUT2D eigenvalue weighted by atomic mass is 32.2. The molecule has 0 aromatic rings. The van der Waals surface area contributed by atoms with Gasteiger partial charge in [-0.05, 0) is 12.3 Å². The smallest absolute Gasteiger partial charge is 0.272 e. The molecule has 1 fully saturated rings. The maximum Gasteiger partial charge on any atom is 0.288 e. The van der Waals surface area contributed by atoms with Crippen molar-refractivity contribution in [3.05, 3.63) is 0 Å². The average Bonchev–Trinajstić information content (AvgIpc) is 2.46. The molecule has 7 heteroatoms. The summed E-state index contributed by atoms with van der Waals surface area (Å²) in [6.07, 6.45) is 0.454. The molecule has 1 heterocycles. The topological polar surface area (TPSA) is 80.8 Å². The molecule has 0 aromatic heterocycles. The number of hydrogen-bond acceptors (Lipinski definition) is 5. The van der Waals surface area contributed by atoms with E-state index in [0.29, 0.717) is 11.5 Å². The van der Waals surface area contributed by atoms with Crippen LogP contribution in [-0.2, 0) is 24.0 Å². The van der Waals surface area contributed by atoms with Crippen molar-refractivity contribution in [2.45, 2.75) is 33.1 Å². The fourth-order valence-electron chi connectivity index (χ4n) is 1.17. The van der Waals surface area contributed by atoms with E-state index >= 15 is 0 Å². The Kier molecular flexibility index (Phi) is 4.03. The summed E-state index contributed by atoms with van der Waals surface area (Å²) in [5.41, 5.74) is 0. The Hall–Kier alpha value is -0.950. The normalized spacial score (nSPS) is 17.6. The van der Waals surface area contributed by atoms with Gasteiger partial charge in [-0.1, -0.05) is 13.8 Å². The van der Waals surface area contributed by atoms with E-state index in [0.717, 1.165) is 0 Å². The van der Waals surface area contributed by atoms with Gasteiger partial charge < -0.3 is 0 Å². The molecule has 16 heavy (non-hydrogen) atoms. The van der Waals surface area contributed by atoms with Crippen LogP contribution in [0.4, 0.5) is 0 Å². The van der Waals surface area contributed by atoms with Gasteiger partial charge in [-0.15, -0.1) is 9.35 Å². The number of amides is 2. The van der Waals surface area contributed by atoms with E-state index in [1.807, 2.05) is 13.8 Å². The Morgan fingerprint density at radius 2 is 1.75 bits per heavy atom. The summed E-state index contributed by atoms with van der Waals surface area (Å²) < 4.78 is 27.3. The lowest BCUT2D eigenvalue weighted by atomic mass is 10.2. The minimum absolute atomic E-state index is 0.0124. The zero-order valence-electron chi connectivity index (χ0n) is 9.30. The minimum atomic E-state index is -3.84. The number of carbonyl (C=O) groups is 2. The molecule has 0 N–H and O–H groups in total. The third-order valence-corrected chi connectivity index (χ3v) is 3.25. The molecule has 0 bridgehead atoms. The van der Waals surface area contributed by atoms with Crippen molar-refractivity contribution >= 4 is 21.9 Å². The minimum Gasteiger partial charge on any atom is -0.272 e. The standard InChI is InChI=1S/C9H15NO5S/c1-7(2)5-6-16(13,14)15-10-8(11)3-4-9(10)12/h7H,3-6H2,1-2H3. The van der Waals surface area contributed by atoms with Crippen LogP contribution in [0.3, 0.4) is 0 Å². The van der Waals surface area contributed by atoms with Crippen molar-refractivity contribution in [3.63, 3.8) is 0 Å². The molecule has 0 saturated carbocycles. The Balaban J connectivity index is 2.58. The third-order valence-electron chi connectivity index (χ3n) is 2.14. The summed E-state index contributed by atoms with van der Waals surface area (Å²) in [5, 5.41) is 0.357. The molecule has 1 rings (SSSR count). The second-order valence-corrected chi connectivity index (χ2v) is 5.77. The first-order valence-corrected chi connectivity index (χ1v) is 6.67. The number of nitrogens with zero attached hydrogens (tertiary/aromatic N) is 1. The fourth-order valence-corrected chi connectivity index (χ4v) is 2.40. The predicted molar refractivity (Wildman–Crippen MR) is 55.4 cm³/mol. The fraction of sp³-hybridized carbons (Fsp3) is 0.778. The molecule has 1 aliphatic heterocycles. The Morgan fingerprint density at radius 3 is 2.19 bits per heavy atom. The molecule has 0 atom stereocenters. The molecule has 6 nitrogen and oxygen atoms in total. The lowest BCUT2D eigenvalue weighted by molar-refractivity contribution is -0.163. The molecule has 1 aliphatic rings. The van der Waals surface area contributed by atoms with Crippen LogP contribution in [0.25, 0.3) is 0 Å². The van der Waals surface area contributed by atoms with Crippen molar-refractivity contribution in [1.29, 1.82) is 0 Å². The zero-order valence-corrected chi connectivity index (χ0v) is 10.1. The Morgan fingerprint density at radius 1 is 1.25 bits per heavy atom. The van der Waals surface area contributed by atoms with E-state index < -0.39 is 21.9 Å². The van der Waals surface area contributed by atoms with Gasteiger partial charge in [0.2, 0.25) is 0 Å². The van der Waals surface area contributed by atoms with Crippen molar-refractivity contribution in [3.8, 4) is 0 Å². The molecule has 0 spiro atoms. The van der Waals surface area contributed by atoms with E-state index in [1.54, 1.807) is 0 Å². The first-order valence-electron chi connectivity index (χ1n) is 5.10. The first-order chi connectivity index (χ1) is 7.32. The van der Waals surface area contributed by atoms with Crippen molar-refractivity contribution in [1.82, 2.24) is 5.06 Å². The monoisotopic (exact) mass is 249 g/mol. The number of hydroxylamine groups is 2. The lowest BCUT2D eigenvalue weighted by Gasteiger charge is -2.13. The average molecular weight is 249 g/mol. The summed E-state index contributed by atoms with van der Waals surface area (Å²) in [6, 6.07) is 0. The molecule has 0 aromatic carbocycles. The van der Waals surface area contributed by atoms with E-state index in [4.69, 9.17) is 0 Å². The van der Waals surface area contributed by atoms with Crippen LogP contribution in [-0.4, -0.2) is 31.0 Å². The van der Waals surface area contributed by atoms with E-state index in [9.17, 15) is 18.0 Å². The molecular weight excluding hydrogens is 234 g/mol. The van der Waals surface area contributed by atoms with Crippen LogP contribution in [0.2, 0.25) is 0 Å². The van der Waals surface area contributed by atoms with Gasteiger partial charge in [-0.25, -0.2) is 0 Å². The van der Waals surface area contributed by atoms with Crippen LogP contribution >= 0.6 is 0 Å². The van der Waals surface area contributed by atoms with Gasteiger partial charge in [-0.3, -0.25) is 9.59 Å². The van der Waals surface area contributed by atoms with Gasteiger partial charge in [0.05, 0.1) is 5.75 Å². The predicted octanol–water partition coefficient (Wildman–Crippen LogP) is 0.443. The highest BCUT2D eigenvalue weighted by Crippen LogP contribution is 2.15. The van der Waals surface area contributed by atoms with E-state index in [-0.39, 0.29) is 24.5 Å². The van der Waals surface area contributed by atoms with Crippen LogP contribution < -0.4 is 0 Å². The second-order valence-electron chi connectivity index (χ2n) is 4.10. The number of rotatable bonds is 5. The maximum atomic E-state index is 11.4. The summed E-state index contributed by atoms with van der Waals surface area (Å²) in [6.45, 7) is 3.75. The Labute approximate surface area is 94.6 Å². The van der Waals surface area contributed by atoms with Crippen LogP contribution in [0, 0.1) is 5.92 Å². The molecule has 0 unspecified atom stereocenters. The van der Waals surface area contributed by atoms with E-state index in [2.05, 4.69) is 4.28 Å². The van der Waals surface area contributed by atoms with Crippen molar-refractivity contribution < 1.29 is 22.3 Å². The van der Waals surface area contributed by atoms with Crippen LogP contribution in [0.1, 0.15) is 33.1 Å². The highest BCUT2D eigenvalue weighted by Gasteiger charge is 2.34. The van der Waals surface area contributed by atoms with Crippen LogP contribution in [0.5, 0.6) is 0 Å². The molecule has 1 saturated heterocycles. The first kappa shape index (κ1) is 13.1. The Bertz CT molecular complexity index is 371. The van der Waals surface area contributed by atoms with Crippen molar-refractivity contribution in [2.75, 3.05) is 5.75 Å². The highest BCUT2D eigenvalue weighted by molar-refractivity contribution is 7.86. The van der Waals surface area contributed by atoms with Gasteiger partial charge in [0, 0.05) is 12.8 Å². The SMILES string of the molecule is CC(C)CCS(=O)(=O)ON1C(=O)CCC1=O. The maximum absolute atomic E-state index is 11.4. The largest absolute Gasteiger partial charge is 0.288 e. The summed E-state index contributed by atoms with van der Waals surface area (Å²) >= 11 is 0. The molecular formula is C9H15NO5S. The molecule has 0 radical (unpaired) electrons. The third kappa shape index (κ3) is 3.57. The van der Waals surface area contributed by atoms with Gasteiger partial charge in [0.25, 0.3) is 21.9 Å². The van der Waals surface area contributed by atoms with E-state index in [1.165, 1.54) is 0 Å². The lowest BCUT2D eigenvalue weighted by Crippen LogP contribution is -2.33. The molecule has 0 aliphatic carbocycles. The van der Waals surface area contributed by atoms with Gasteiger partial charge in [0.15, 0.2) is 0 Å². The summed E-state index contributed by atoms with van der Waals surface area (Å²) in [4.78, 5) is 22.2. The summed E-state index contributed by atoms with van der Waals surface area (Å²) in [7, 11) is -3.84. The second kappa shape index (κ2) is 4.92. The molecule has 2 amide bonds.